The Bertz CT molecular complexity index is 783. The molecule has 1 saturated carbocycles. The number of benzene rings is 2. The monoisotopic (exact) mass is 352 g/mol. The van der Waals surface area contributed by atoms with Crippen LogP contribution in [0.25, 0.3) is 0 Å². The second-order valence-corrected chi connectivity index (χ2v) is 7.95. The predicted molar refractivity (Wildman–Crippen MR) is 102 cm³/mol. The van der Waals surface area contributed by atoms with E-state index in [9.17, 15) is 8.78 Å². The van der Waals surface area contributed by atoms with Crippen molar-refractivity contribution in [1.29, 1.82) is 0 Å². The van der Waals surface area contributed by atoms with Gasteiger partial charge in [0.2, 0.25) is 0 Å². The standard InChI is InChI=1S/C24H26F2/c1-2-16-3-5-17(6-4-16)18-7-9-19(10-8-18)21-12-11-20-13-14-23(25)24(26)22(20)15-21/h2,7-10,13-14,16-17,21H,1,3-6,11-12,15H2. The van der Waals surface area contributed by atoms with Crippen molar-refractivity contribution in [3.05, 3.63) is 82.9 Å². The van der Waals surface area contributed by atoms with Crippen molar-refractivity contribution in [2.45, 2.75) is 56.8 Å². The molecule has 2 aliphatic carbocycles. The van der Waals surface area contributed by atoms with Crippen molar-refractivity contribution in [2.75, 3.05) is 0 Å². The normalized spacial score (nSPS) is 25.5. The highest BCUT2D eigenvalue weighted by Gasteiger charge is 2.25. The largest absolute Gasteiger partial charge is 0.204 e. The Morgan fingerprint density at radius 1 is 0.808 bits per heavy atom. The lowest BCUT2D eigenvalue weighted by atomic mass is 9.77. The van der Waals surface area contributed by atoms with Gasteiger partial charge in [0.05, 0.1) is 0 Å². The van der Waals surface area contributed by atoms with Crippen LogP contribution in [0.5, 0.6) is 0 Å². The Labute approximate surface area is 154 Å². The molecule has 2 aromatic carbocycles. The van der Waals surface area contributed by atoms with Crippen LogP contribution in [-0.2, 0) is 12.8 Å². The lowest BCUT2D eigenvalue weighted by molar-refractivity contribution is 0.376. The van der Waals surface area contributed by atoms with Crippen molar-refractivity contribution in [3.63, 3.8) is 0 Å². The highest BCUT2D eigenvalue weighted by Crippen LogP contribution is 2.38. The third-order valence-corrected chi connectivity index (χ3v) is 6.49. The maximum Gasteiger partial charge on any atom is 0.162 e. The number of halogens is 2. The Hall–Kier alpha value is -1.96. The SMILES string of the molecule is C=CC1CCC(c2ccc(C3CCc4ccc(F)c(F)c4C3)cc2)CC1. The molecule has 4 rings (SSSR count). The summed E-state index contributed by atoms with van der Waals surface area (Å²) < 4.78 is 27.7. The Balaban J connectivity index is 1.48. The molecule has 0 saturated heterocycles. The zero-order valence-corrected chi connectivity index (χ0v) is 15.2. The van der Waals surface area contributed by atoms with Crippen molar-refractivity contribution in [3.8, 4) is 0 Å². The lowest BCUT2D eigenvalue weighted by Crippen LogP contribution is -2.15. The number of hydrogen-bond acceptors (Lipinski definition) is 0. The number of allylic oxidation sites excluding steroid dienone is 1. The smallest absolute Gasteiger partial charge is 0.162 e. The molecular formula is C24H26F2. The highest BCUT2D eigenvalue weighted by molar-refractivity contribution is 5.36. The molecular weight excluding hydrogens is 326 g/mol. The van der Waals surface area contributed by atoms with E-state index in [1.165, 1.54) is 42.9 Å². The van der Waals surface area contributed by atoms with Crippen molar-refractivity contribution in [1.82, 2.24) is 0 Å². The summed E-state index contributed by atoms with van der Waals surface area (Å²) in [5.74, 6) is 0.240. The number of aryl methyl sites for hydroxylation is 1. The van der Waals surface area contributed by atoms with Gasteiger partial charge < -0.3 is 0 Å². The molecule has 2 heteroatoms. The molecule has 0 heterocycles. The molecule has 0 N–H and O–H groups in total. The zero-order valence-electron chi connectivity index (χ0n) is 15.2. The van der Waals surface area contributed by atoms with Crippen molar-refractivity contribution < 1.29 is 8.78 Å². The summed E-state index contributed by atoms with van der Waals surface area (Å²) in [5.41, 5.74) is 4.22. The minimum Gasteiger partial charge on any atom is -0.204 e. The third kappa shape index (κ3) is 3.34. The van der Waals surface area contributed by atoms with E-state index in [0.717, 1.165) is 18.4 Å². The molecule has 2 aliphatic rings. The minimum absolute atomic E-state index is 0.282. The van der Waals surface area contributed by atoms with Crippen LogP contribution in [0, 0.1) is 17.6 Å². The molecule has 0 spiro atoms. The van der Waals surface area contributed by atoms with Crippen LogP contribution in [0.15, 0.2) is 49.1 Å². The van der Waals surface area contributed by atoms with Crippen LogP contribution in [0.4, 0.5) is 8.78 Å². The van der Waals surface area contributed by atoms with Crippen LogP contribution in [0.3, 0.4) is 0 Å². The molecule has 2 aromatic rings. The summed E-state index contributed by atoms with van der Waals surface area (Å²) in [6.07, 6.45) is 9.46. The van der Waals surface area contributed by atoms with E-state index >= 15 is 0 Å². The first-order chi connectivity index (χ1) is 12.7. The summed E-state index contributed by atoms with van der Waals surface area (Å²) in [4.78, 5) is 0. The van der Waals surface area contributed by atoms with Crippen molar-refractivity contribution in [2.24, 2.45) is 5.92 Å². The van der Waals surface area contributed by atoms with Gasteiger partial charge in [-0.15, -0.1) is 6.58 Å². The van der Waals surface area contributed by atoms with Crippen molar-refractivity contribution >= 4 is 0 Å². The molecule has 136 valence electrons. The van der Waals surface area contributed by atoms with E-state index < -0.39 is 11.6 Å². The van der Waals surface area contributed by atoms with Crippen LogP contribution in [-0.4, -0.2) is 0 Å². The van der Waals surface area contributed by atoms with E-state index in [-0.39, 0.29) is 5.92 Å². The van der Waals surface area contributed by atoms with Gasteiger partial charge in [-0.05, 0) is 91.0 Å². The molecule has 0 amide bonds. The Morgan fingerprint density at radius 2 is 1.46 bits per heavy atom. The van der Waals surface area contributed by atoms with Crippen LogP contribution in [0.2, 0.25) is 0 Å². The van der Waals surface area contributed by atoms with Gasteiger partial charge in [0, 0.05) is 0 Å². The first-order valence-corrected chi connectivity index (χ1v) is 9.84. The molecule has 1 atom stereocenters. The van der Waals surface area contributed by atoms with Gasteiger partial charge >= 0.3 is 0 Å². The van der Waals surface area contributed by atoms with E-state index in [1.807, 2.05) is 0 Å². The first kappa shape index (κ1) is 17.5. The average Bonchev–Trinajstić information content (AvgIpc) is 2.71. The van der Waals surface area contributed by atoms with E-state index in [0.29, 0.717) is 23.8 Å². The quantitative estimate of drug-likeness (QED) is 0.539. The molecule has 0 aliphatic heterocycles. The van der Waals surface area contributed by atoms with E-state index in [1.54, 1.807) is 6.07 Å². The van der Waals surface area contributed by atoms with Gasteiger partial charge in [-0.25, -0.2) is 8.78 Å². The van der Waals surface area contributed by atoms with Gasteiger partial charge in [-0.2, -0.15) is 0 Å². The van der Waals surface area contributed by atoms with Gasteiger partial charge in [-0.3, -0.25) is 0 Å². The van der Waals surface area contributed by atoms with Crippen LogP contribution >= 0.6 is 0 Å². The van der Waals surface area contributed by atoms with Gasteiger partial charge in [-0.1, -0.05) is 36.4 Å². The maximum absolute atomic E-state index is 14.2. The lowest BCUT2D eigenvalue weighted by Gasteiger charge is -2.28. The highest BCUT2D eigenvalue weighted by atomic mass is 19.2. The van der Waals surface area contributed by atoms with E-state index in [4.69, 9.17) is 0 Å². The number of hydrogen-bond donors (Lipinski definition) is 0. The minimum atomic E-state index is -0.727. The van der Waals surface area contributed by atoms with Gasteiger partial charge in [0.15, 0.2) is 11.6 Å². The summed E-state index contributed by atoms with van der Waals surface area (Å²) in [6, 6.07) is 11.9. The van der Waals surface area contributed by atoms with Gasteiger partial charge in [0.1, 0.15) is 0 Å². The molecule has 1 unspecified atom stereocenters. The Kier molecular flexibility index (Phi) is 4.93. The third-order valence-electron chi connectivity index (χ3n) is 6.49. The molecule has 0 nitrogen and oxygen atoms in total. The Morgan fingerprint density at radius 3 is 2.12 bits per heavy atom. The fraction of sp³-hybridized carbons (Fsp3) is 0.417. The number of fused-ring (bicyclic) bond motifs is 1. The summed E-state index contributed by atoms with van der Waals surface area (Å²) in [5, 5.41) is 0. The van der Waals surface area contributed by atoms with E-state index in [2.05, 4.69) is 36.9 Å². The molecule has 0 radical (unpaired) electrons. The van der Waals surface area contributed by atoms with Gasteiger partial charge in [0.25, 0.3) is 0 Å². The average molecular weight is 352 g/mol. The first-order valence-electron chi connectivity index (χ1n) is 9.84. The second-order valence-electron chi connectivity index (χ2n) is 7.95. The fourth-order valence-electron chi connectivity index (χ4n) is 4.78. The molecule has 0 bridgehead atoms. The topological polar surface area (TPSA) is 0 Å². The maximum atomic E-state index is 14.2. The molecule has 1 fully saturated rings. The predicted octanol–water partition coefficient (Wildman–Crippen LogP) is 6.70. The van der Waals surface area contributed by atoms with Crippen LogP contribution < -0.4 is 0 Å². The summed E-state index contributed by atoms with van der Waals surface area (Å²) in [6.45, 7) is 3.92. The fourth-order valence-corrected chi connectivity index (χ4v) is 4.78. The summed E-state index contributed by atoms with van der Waals surface area (Å²) in [7, 11) is 0. The number of rotatable bonds is 3. The molecule has 26 heavy (non-hydrogen) atoms. The molecule has 0 aromatic heterocycles. The summed E-state index contributed by atoms with van der Waals surface area (Å²) >= 11 is 0. The zero-order chi connectivity index (χ0) is 18.1. The van der Waals surface area contributed by atoms with Crippen LogP contribution in [0.1, 0.15) is 66.2 Å². The second kappa shape index (κ2) is 7.34.